The molecule has 29 heavy (non-hydrogen) atoms. The number of rotatable bonds is 10. The molecule has 2 atom stereocenters. The van der Waals surface area contributed by atoms with E-state index in [9.17, 15) is 9.59 Å². The fourth-order valence-corrected chi connectivity index (χ4v) is 2.94. The second-order valence-electron chi connectivity index (χ2n) is 6.75. The Morgan fingerprint density at radius 2 is 1.52 bits per heavy atom. The smallest absolute Gasteiger partial charge is 0.279 e. The molecular formula is C22H30N3O4+. The van der Waals surface area contributed by atoms with Crippen LogP contribution in [0.15, 0.2) is 48.5 Å². The zero-order valence-corrected chi connectivity index (χ0v) is 17.5. The SMILES string of the molecule is CC[NH+](CC(=O)Nc1ccc(OC)cc1)[C@H](C)C(=O)NCc1ccc(OC)cc1. The molecule has 2 aromatic carbocycles. The van der Waals surface area contributed by atoms with Crippen LogP contribution in [0, 0.1) is 0 Å². The monoisotopic (exact) mass is 400 g/mol. The van der Waals surface area contributed by atoms with Crippen molar-refractivity contribution in [2.75, 3.05) is 32.6 Å². The number of ether oxygens (including phenoxy) is 2. The van der Waals surface area contributed by atoms with Crippen molar-refractivity contribution in [2.24, 2.45) is 0 Å². The van der Waals surface area contributed by atoms with Crippen LogP contribution in [0.1, 0.15) is 19.4 Å². The van der Waals surface area contributed by atoms with Crippen LogP contribution in [0.25, 0.3) is 0 Å². The number of amides is 2. The summed E-state index contributed by atoms with van der Waals surface area (Å²) >= 11 is 0. The van der Waals surface area contributed by atoms with Gasteiger partial charge in [-0.05, 0) is 55.8 Å². The number of nitrogens with one attached hydrogen (secondary N) is 3. The average Bonchev–Trinajstić information content (AvgIpc) is 2.76. The lowest BCUT2D eigenvalue weighted by Crippen LogP contribution is -3.17. The molecule has 0 saturated heterocycles. The molecule has 2 rings (SSSR count). The van der Waals surface area contributed by atoms with E-state index in [0.717, 1.165) is 22.0 Å². The third kappa shape index (κ3) is 6.80. The lowest BCUT2D eigenvalue weighted by Gasteiger charge is -2.23. The van der Waals surface area contributed by atoms with Gasteiger partial charge >= 0.3 is 0 Å². The maximum atomic E-state index is 12.5. The molecule has 0 heterocycles. The maximum absolute atomic E-state index is 12.5. The van der Waals surface area contributed by atoms with Crippen molar-refractivity contribution >= 4 is 17.5 Å². The Hall–Kier alpha value is -3.06. The van der Waals surface area contributed by atoms with Gasteiger partial charge in [0.15, 0.2) is 12.6 Å². The number of likely N-dealkylation sites (N-methyl/N-ethyl adjacent to an activating group) is 1. The highest BCUT2D eigenvalue weighted by atomic mass is 16.5. The van der Waals surface area contributed by atoms with Crippen LogP contribution in [0.4, 0.5) is 5.69 Å². The quantitative estimate of drug-likeness (QED) is 0.561. The molecule has 2 aromatic rings. The summed E-state index contributed by atoms with van der Waals surface area (Å²) in [6.07, 6.45) is 0. The molecule has 7 heteroatoms. The molecule has 0 aliphatic heterocycles. The summed E-state index contributed by atoms with van der Waals surface area (Å²) in [6.45, 7) is 5.10. The molecule has 0 aliphatic rings. The van der Waals surface area contributed by atoms with Gasteiger partial charge in [-0.1, -0.05) is 12.1 Å². The van der Waals surface area contributed by atoms with Gasteiger partial charge in [0, 0.05) is 12.2 Å². The summed E-state index contributed by atoms with van der Waals surface area (Å²) in [4.78, 5) is 25.8. The minimum atomic E-state index is -0.347. The van der Waals surface area contributed by atoms with Gasteiger partial charge in [-0.25, -0.2) is 0 Å². The van der Waals surface area contributed by atoms with Gasteiger partial charge in [0.25, 0.3) is 11.8 Å². The molecule has 0 saturated carbocycles. The van der Waals surface area contributed by atoms with Crippen molar-refractivity contribution in [3.63, 3.8) is 0 Å². The Labute approximate surface area is 172 Å². The van der Waals surface area contributed by atoms with Crippen molar-refractivity contribution in [1.82, 2.24) is 5.32 Å². The van der Waals surface area contributed by atoms with Crippen LogP contribution in [0.5, 0.6) is 11.5 Å². The summed E-state index contributed by atoms with van der Waals surface area (Å²) in [5.41, 5.74) is 1.68. The van der Waals surface area contributed by atoms with Crippen molar-refractivity contribution < 1.29 is 24.0 Å². The second kappa shape index (κ2) is 11.1. The fraction of sp³-hybridized carbons (Fsp3) is 0.364. The Kier molecular flexibility index (Phi) is 8.48. The molecule has 1 unspecified atom stereocenters. The van der Waals surface area contributed by atoms with Gasteiger partial charge < -0.3 is 25.0 Å². The second-order valence-corrected chi connectivity index (χ2v) is 6.75. The summed E-state index contributed by atoms with van der Waals surface area (Å²) < 4.78 is 10.2. The molecule has 0 fully saturated rings. The predicted molar refractivity (Wildman–Crippen MR) is 112 cm³/mol. The number of methoxy groups -OCH3 is 2. The Morgan fingerprint density at radius 1 is 0.966 bits per heavy atom. The number of benzene rings is 2. The minimum absolute atomic E-state index is 0.0880. The summed E-state index contributed by atoms with van der Waals surface area (Å²) in [5, 5.41) is 5.80. The molecule has 7 nitrogen and oxygen atoms in total. The summed E-state index contributed by atoms with van der Waals surface area (Å²) in [6, 6.07) is 14.3. The lowest BCUT2D eigenvalue weighted by atomic mass is 10.2. The molecule has 3 N–H and O–H groups in total. The largest absolute Gasteiger partial charge is 0.497 e. The predicted octanol–water partition coefficient (Wildman–Crippen LogP) is 1.25. The molecule has 2 amide bonds. The zero-order chi connectivity index (χ0) is 21.2. The number of anilines is 1. The van der Waals surface area contributed by atoms with Crippen molar-refractivity contribution in [2.45, 2.75) is 26.4 Å². The zero-order valence-electron chi connectivity index (χ0n) is 17.5. The number of carbonyl (C=O) groups excluding carboxylic acids is 2. The van der Waals surface area contributed by atoms with Gasteiger partial charge in [0.1, 0.15) is 11.5 Å². The van der Waals surface area contributed by atoms with Crippen LogP contribution in [0.3, 0.4) is 0 Å². The van der Waals surface area contributed by atoms with Gasteiger partial charge in [0.05, 0.1) is 20.8 Å². The fourth-order valence-electron chi connectivity index (χ4n) is 2.94. The van der Waals surface area contributed by atoms with E-state index in [1.54, 1.807) is 38.5 Å². The van der Waals surface area contributed by atoms with Crippen molar-refractivity contribution in [3.8, 4) is 11.5 Å². The molecule has 0 bridgehead atoms. The van der Waals surface area contributed by atoms with Crippen molar-refractivity contribution in [1.29, 1.82) is 0 Å². The van der Waals surface area contributed by atoms with E-state index >= 15 is 0 Å². The molecule has 0 radical (unpaired) electrons. The Bertz CT molecular complexity index is 791. The third-order valence-electron chi connectivity index (χ3n) is 4.85. The van der Waals surface area contributed by atoms with E-state index in [1.807, 2.05) is 38.1 Å². The molecule has 0 aromatic heterocycles. The molecule has 0 aliphatic carbocycles. The highest BCUT2D eigenvalue weighted by Gasteiger charge is 2.25. The highest BCUT2D eigenvalue weighted by Crippen LogP contribution is 2.14. The Balaban J connectivity index is 1.85. The average molecular weight is 400 g/mol. The first-order valence-corrected chi connectivity index (χ1v) is 9.66. The first-order chi connectivity index (χ1) is 14.0. The third-order valence-corrected chi connectivity index (χ3v) is 4.85. The Morgan fingerprint density at radius 3 is 2.03 bits per heavy atom. The van der Waals surface area contributed by atoms with Crippen LogP contribution < -0.4 is 25.0 Å². The maximum Gasteiger partial charge on any atom is 0.279 e. The van der Waals surface area contributed by atoms with Gasteiger partial charge in [-0.2, -0.15) is 0 Å². The van der Waals surface area contributed by atoms with Crippen LogP contribution in [0.2, 0.25) is 0 Å². The van der Waals surface area contributed by atoms with Crippen LogP contribution >= 0.6 is 0 Å². The first-order valence-electron chi connectivity index (χ1n) is 9.66. The van der Waals surface area contributed by atoms with E-state index in [0.29, 0.717) is 18.8 Å². The van der Waals surface area contributed by atoms with Crippen molar-refractivity contribution in [3.05, 3.63) is 54.1 Å². The highest BCUT2D eigenvalue weighted by molar-refractivity contribution is 5.91. The standard InChI is InChI=1S/C22H29N3O4/c1-5-25(15-21(26)24-18-8-12-20(29-4)13-9-18)16(2)22(27)23-14-17-6-10-19(28-3)11-7-17/h6-13,16H,5,14-15H2,1-4H3,(H,23,27)(H,24,26)/p+1/t16-/m1/s1. The van der Waals surface area contributed by atoms with Gasteiger partial charge in [-0.15, -0.1) is 0 Å². The van der Waals surface area contributed by atoms with E-state index in [1.165, 1.54) is 0 Å². The number of hydrogen-bond acceptors (Lipinski definition) is 4. The van der Waals surface area contributed by atoms with E-state index in [4.69, 9.17) is 9.47 Å². The molecule has 0 spiro atoms. The minimum Gasteiger partial charge on any atom is -0.497 e. The van der Waals surface area contributed by atoms with Crippen LogP contribution in [-0.2, 0) is 16.1 Å². The number of hydrogen-bond donors (Lipinski definition) is 3. The topological polar surface area (TPSA) is 81.1 Å². The first kappa shape index (κ1) is 22.2. The van der Waals surface area contributed by atoms with Gasteiger partial charge in [0.2, 0.25) is 0 Å². The number of carbonyl (C=O) groups is 2. The summed E-state index contributed by atoms with van der Waals surface area (Å²) in [7, 11) is 3.21. The van der Waals surface area contributed by atoms with E-state index < -0.39 is 0 Å². The van der Waals surface area contributed by atoms with E-state index in [2.05, 4.69) is 10.6 Å². The van der Waals surface area contributed by atoms with E-state index in [-0.39, 0.29) is 24.4 Å². The number of quaternary nitrogens is 1. The molecular weight excluding hydrogens is 370 g/mol. The normalized spacial score (nSPS) is 12.6. The molecule has 156 valence electrons. The lowest BCUT2D eigenvalue weighted by molar-refractivity contribution is -0.904. The summed E-state index contributed by atoms with van der Waals surface area (Å²) in [5.74, 6) is 1.28. The van der Waals surface area contributed by atoms with Crippen LogP contribution in [-0.4, -0.2) is 45.2 Å². The van der Waals surface area contributed by atoms with Gasteiger partial charge in [-0.3, -0.25) is 9.59 Å².